The number of carbonyl (C=O) groups excluding carboxylic acids is 1. The highest BCUT2D eigenvalue weighted by atomic mass is 16.5. The van der Waals surface area contributed by atoms with Gasteiger partial charge in [-0.25, -0.2) is 0 Å². The fourth-order valence-electron chi connectivity index (χ4n) is 1.57. The van der Waals surface area contributed by atoms with Crippen molar-refractivity contribution in [3.63, 3.8) is 0 Å². The van der Waals surface area contributed by atoms with Crippen LogP contribution in [0.25, 0.3) is 0 Å². The predicted octanol–water partition coefficient (Wildman–Crippen LogP) is 1.79. The number of rotatable bonds is 5. The predicted molar refractivity (Wildman–Crippen MR) is 61.9 cm³/mol. The molecule has 0 spiro atoms. The normalized spacial score (nSPS) is 14.2. The van der Waals surface area contributed by atoms with Gasteiger partial charge in [-0.3, -0.25) is 4.79 Å². The van der Waals surface area contributed by atoms with Gasteiger partial charge in [-0.15, -0.1) is 0 Å². The van der Waals surface area contributed by atoms with E-state index >= 15 is 0 Å². The van der Waals surface area contributed by atoms with Crippen LogP contribution in [-0.2, 0) is 16.0 Å². The summed E-state index contributed by atoms with van der Waals surface area (Å²) in [7, 11) is 0. The van der Waals surface area contributed by atoms with Gasteiger partial charge in [0.05, 0.1) is 18.6 Å². The van der Waals surface area contributed by atoms with E-state index in [1.54, 1.807) is 13.8 Å². The summed E-state index contributed by atoms with van der Waals surface area (Å²) in [4.78, 5) is 11.6. The van der Waals surface area contributed by atoms with E-state index in [1.807, 2.05) is 30.3 Å². The molecule has 0 radical (unpaired) electrons. The van der Waals surface area contributed by atoms with Crippen LogP contribution < -0.4 is 0 Å². The zero-order chi connectivity index (χ0) is 12.0. The van der Waals surface area contributed by atoms with Crippen molar-refractivity contribution in [2.24, 2.45) is 5.92 Å². The van der Waals surface area contributed by atoms with Gasteiger partial charge in [0.25, 0.3) is 0 Å². The number of esters is 1. The SMILES string of the molecule is CCOC(=O)[C@H](Cc1ccccc1)[C@@H](C)O. The molecule has 1 rings (SSSR count). The molecule has 2 atom stereocenters. The van der Waals surface area contributed by atoms with Crippen molar-refractivity contribution in [1.82, 2.24) is 0 Å². The second-order valence-corrected chi connectivity index (χ2v) is 3.79. The molecule has 0 aromatic heterocycles. The molecule has 0 saturated carbocycles. The molecule has 0 heterocycles. The van der Waals surface area contributed by atoms with Crippen molar-refractivity contribution in [3.05, 3.63) is 35.9 Å². The minimum atomic E-state index is -0.695. The van der Waals surface area contributed by atoms with E-state index in [-0.39, 0.29) is 5.97 Å². The van der Waals surface area contributed by atoms with Crippen LogP contribution in [0.3, 0.4) is 0 Å². The lowest BCUT2D eigenvalue weighted by Gasteiger charge is -2.18. The third-order valence-corrected chi connectivity index (χ3v) is 2.47. The first-order chi connectivity index (χ1) is 7.65. The van der Waals surface area contributed by atoms with Crippen LogP contribution in [0.5, 0.6) is 0 Å². The first-order valence-electron chi connectivity index (χ1n) is 5.53. The van der Waals surface area contributed by atoms with Crippen LogP contribution >= 0.6 is 0 Å². The van der Waals surface area contributed by atoms with Crippen LogP contribution in [0.2, 0.25) is 0 Å². The number of aliphatic hydroxyl groups excluding tert-OH is 1. The average Bonchev–Trinajstić information content (AvgIpc) is 2.27. The second kappa shape index (κ2) is 6.28. The van der Waals surface area contributed by atoms with Gasteiger partial charge in [-0.1, -0.05) is 30.3 Å². The lowest BCUT2D eigenvalue weighted by Crippen LogP contribution is -2.29. The summed E-state index contributed by atoms with van der Waals surface area (Å²) in [6.07, 6.45) is -0.184. The van der Waals surface area contributed by atoms with Gasteiger partial charge >= 0.3 is 5.97 Å². The summed E-state index contributed by atoms with van der Waals surface area (Å²) in [5.74, 6) is -0.816. The molecule has 16 heavy (non-hydrogen) atoms. The van der Waals surface area contributed by atoms with Crippen molar-refractivity contribution in [3.8, 4) is 0 Å². The van der Waals surface area contributed by atoms with Crippen LogP contribution in [-0.4, -0.2) is 23.8 Å². The Hall–Kier alpha value is -1.35. The molecule has 0 saturated heterocycles. The van der Waals surface area contributed by atoms with Crippen LogP contribution in [0, 0.1) is 5.92 Å². The Bertz CT molecular complexity index is 319. The van der Waals surface area contributed by atoms with Crippen molar-refractivity contribution >= 4 is 5.97 Å². The maximum absolute atomic E-state index is 11.6. The molecule has 0 aliphatic heterocycles. The van der Waals surface area contributed by atoms with Crippen molar-refractivity contribution in [2.45, 2.75) is 26.4 Å². The van der Waals surface area contributed by atoms with Crippen LogP contribution in [0.15, 0.2) is 30.3 Å². The first-order valence-corrected chi connectivity index (χ1v) is 5.53. The standard InChI is InChI=1S/C13H18O3/c1-3-16-13(15)12(10(2)14)9-11-7-5-4-6-8-11/h4-8,10,12,14H,3,9H2,1-2H3/t10-,12-/m1/s1. The Morgan fingerprint density at radius 3 is 2.50 bits per heavy atom. The van der Waals surface area contributed by atoms with Gasteiger partial charge in [0, 0.05) is 0 Å². The summed E-state index contributed by atoms with van der Waals surface area (Å²) in [5.41, 5.74) is 1.03. The third kappa shape index (κ3) is 3.66. The summed E-state index contributed by atoms with van der Waals surface area (Å²) in [6.45, 7) is 3.72. The van der Waals surface area contributed by atoms with E-state index in [0.717, 1.165) is 5.56 Å². The lowest BCUT2D eigenvalue weighted by atomic mass is 9.95. The van der Waals surface area contributed by atoms with E-state index in [9.17, 15) is 9.90 Å². The van der Waals surface area contributed by atoms with Gasteiger partial charge < -0.3 is 9.84 Å². The zero-order valence-electron chi connectivity index (χ0n) is 9.72. The fraction of sp³-hybridized carbons (Fsp3) is 0.462. The molecule has 88 valence electrons. The molecule has 0 bridgehead atoms. The van der Waals surface area contributed by atoms with Crippen LogP contribution in [0.1, 0.15) is 19.4 Å². The average molecular weight is 222 g/mol. The largest absolute Gasteiger partial charge is 0.466 e. The van der Waals surface area contributed by atoms with Gasteiger partial charge in [0.15, 0.2) is 0 Å². The van der Waals surface area contributed by atoms with Gasteiger partial charge in [-0.05, 0) is 25.8 Å². The second-order valence-electron chi connectivity index (χ2n) is 3.79. The van der Waals surface area contributed by atoms with Crippen molar-refractivity contribution in [2.75, 3.05) is 6.61 Å². The summed E-state index contributed by atoms with van der Waals surface area (Å²) >= 11 is 0. The molecule has 3 nitrogen and oxygen atoms in total. The highest BCUT2D eigenvalue weighted by Crippen LogP contribution is 2.14. The van der Waals surface area contributed by atoms with E-state index in [4.69, 9.17) is 4.74 Å². The number of hydrogen-bond donors (Lipinski definition) is 1. The Morgan fingerprint density at radius 1 is 1.38 bits per heavy atom. The molecular weight excluding hydrogens is 204 g/mol. The summed E-state index contributed by atoms with van der Waals surface area (Å²) in [6, 6.07) is 9.63. The molecule has 0 amide bonds. The number of hydrogen-bond acceptors (Lipinski definition) is 3. The molecule has 1 aromatic rings. The molecular formula is C13H18O3. The highest BCUT2D eigenvalue weighted by molar-refractivity contribution is 5.73. The summed E-state index contributed by atoms with van der Waals surface area (Å²) in [5, 5.41) is 9.57. The number of benzene rings is 1. The maximum Gasteiger partial charge on any atom is 0.311 e. The van der Waals surface area contributed by atoms with Gasteiger partial charge in [0.2, 0.25) is 0 Å². The van der Waals surface area contributed by atoms with Crippen LogP contribution in [0.4, 0.5) is 0 Å². The zero-order valence-corrected chi connectivity index (χ0v) is 9.72. The minimum absolute atomic E-state index is 0.332. The fourth-order valence-corrected chi connectivity index (χ4v) is 1.57. The first kappa shape index (κ1) is 12.7. The number of aliphatic hydroxyl groups is 1. The molecule has 0 aliphatic rings. The van der Waals surface area contributed by atoms with Gasteiger partial charge in [-0.2, -0.15) is 0 Å². The van der Waals surface area contributed by atoms with Crippen molar-refractivity contribution < 1.29 is 14.6 Å². The highest BCUT2D eigenvalue weighted by Gasteiger charge is 2.25. The van der Waals surface area contributed by atoms with E-state index < -0.39 is 12.0 Å². The molecule has 1 N–H and O–H groups in total. The van der Waals surface area contributed by atoms with E-state index in [1.165, 1.54) is 0 Å². The number of ether oxygens (including phenoxy) is 1. The van der Waals surface area contributed by atoms with E-state index in [2.05, 4.69) is 0 Å². The molecule has 3 heteroatoms. The Balaban J connectivity index is 2.69. The number of carbonyl (C=O) groups is 1. The Kier molecular flexibility index (Phi) is 4.99. The molecule has 0 fully saturated rings. The Labute approximate surface area is 96.1 Å². The van der Waals surface area contributed by atoms with E-state index in [0.29, 0.717) is 13.0 Å². The quantitative estimate of drug-likeness (QED) is 0.773. The monoisotopic (exact) mass is 222 g/mol. The lowest BCUT2D eigenvalue weighted by molar-refractivity contribution is -0.151. The van der Waals surface area contributed by atoms with Gasteiger partial charge in [0.1, 0.15) is 0 Å². The molecule has 0 aliphatic carbocycles. The van der Waals surface area contributed by atoms with Crippen molar-refractivity contribution in [1.29, 1.82) is 0 Å². The molecule has 1 aromatic carbocycles. The summed E-state index contributed by atoms with van der Waals surface area (Å²) < 4.78 is 4.94. The minimum Gasteiger partial charge on any atom is -0.466 e. The third-order valence-electron chi connectivity index (χ3n) is 2.47. The molecule has 0 unspecified atom stereocenters. The topological polar surface area (TPSA) is 46.5 Å². The maximum atomic E-state index is 11.6. The Morgan fingerprint density at radius 2 is 2.00 bits per heavy atom. The smallest absolute Gasteiger partial charge is 0.311 e.